The predicted octanol–water partition coefficient (Wildman–Crippen LogP) is 3.18. The highest BCUT2D eigenvalue weighted by Gasteiger charge is 2.24. The Balaban J connectivity index is 1.32. The van der Waals surface area contributed by atoms with Gasteiger partial charge in [-0.2, -0.15) is 0 Å². The smallest absolute Gasteiger partial charge is 0.273 e. The lowest BCUT2D eigenvalue weighted by atomic mass is 9.97. The van der Waals surface area contributed by atoms with Crippen molar-refractivity contribution in [1.82, 2.24) is 25.2 Å². The zero-order chi connectivity index (χ0) is 22.8. The van der Waals surface area contributed by atoms with Gasteiger partial charge in [-0.3, -0.25) is 9.69 Å². The monoisotopic (exact) mass is 449 g/mol. The fraction of sp³-hybridized carbons (Fsp3) is 0.400. The number of carbonyl (C=O) groups excluding carboxylic acids is 1. The molecule has 3 aromatic rings. The van der Waals surface area contributed by atoms with Crippen molar-refractivity contribution in [2.75, 3.05) is 19.7 Å². The van der Waals surface area contributed by atoms with Gasteiger partial charge in [0.2, 0.25) is 0 Å². The molecule has 0 radical (unpaired) electrons. The summed E-state index contributed by atoms with van der Waals surface area (Å²) in [5.41, 5.74) is 5.09. The van der Waals surface area contributed by atoms with Gasteiger partial charge in [0.05, 0.1) is 17.5 Å². The Bertz CT molecular complexity index is 1160. The Labute approximate surface area is 192 Å². The summed E-state index contributed by atoms with van der Waals surface area (Å²) in [6.45, 7) is 5.25. The molecule has 1 atom stereocenters. The molecular formula is C25H28FN5O2. The highest BCUT2D eigenvalue weighted by atomic mass is 19.1. The van der Waals surface area contributed by atoms with E-state index in [1.54, 1.807) is 10.7 Å². The molecule has 5 rings (SSSR count). The molecule has 8 heteroatoms. The van der Waals surface area contributed by atoms with Crippen LogP contribution in [0.3, 0.4) is 0 Å². The van der Waals surface area contributed by atoms with E-state index in [2.05, 4.69) is 26.6 Å². The van der Waals surface area contributed by atoms with Crippen LogP contribution in [0.15, 0.2) is 42.5 Å². The van der Waals surface area contributed by atoms with Crippen LogP contribution in [0, 0.1) is 12.7 Å². The van der Waals surface area contributed by atoms with Gasteiger partial charge in [0.15, 0.2) is 5.69 Å². The number of hydrogen-bond acceptors (Lipinski definition) is 5. The molecule has 0 spiro atoms. The average molecular weight is 450 g/mol. The standard InChI is InChI=1S/C25H28FN5O2/c1-17-24(25(32)27-14-20-8-5-13-33-20)28-29-31(17)23-10-4-7-18-15-30(12-11-21(18)23)16-19-6-2-3-9-22(19)26/h2-4,6-7,9-10,20H,5,8,11-16H2,1H3,(H,27,32)/t20-/m1/s1. The molecule has 33 heavy (non-hydrogen) atoms. The van der Waals surface area contributed by atoms with Gasteiger partial charge in [0.1, 0.15) is 5.82 Å². The number of benzene rings is 2. The van der Waals surface area contributed by atoms with Crippen LogP contribution in [-0.2, 0) is 24.2 Å². The molecule has 1 N–H and O–H groups in total. The second kappa shape index (κ2) is 9.41. The Morgan fingerprint density at radius 1 is 1.24 bits per heavy atom. The number of halogens is 1. The third-order valence-electron chi connectivity index (χ3n) is 6.52. The molecule has 2 aliphatic rings. The second-order valence-corrected chi connectivity index (χ2v) is 8.75. The molecule has 0 bridgehead atoms. The highest BCUT2D eigenvalue weighted by molar-refractivity contribution is 5.93. The minimum atomic E-state index is -0.227. The molecule has 0 unspecified atom stereocenters. The molecule has 1 amide bonds. The minimum Gasteiger partial charge on any atom is -0.376 e. The summed E-state index contributed by atoms with van der Waals surface area (Å²) in [7, 11) is 0. The van der Waals surface area contributed by atoms with E-state index in [0.29, 0.717) is 30.0 Å². The zero-order valence-electron chi connectivity index (χ0n) is 18.8. The maximum atomic E-state index is 14.1. The normalized spacial score (nSPS) is 18.3. The van der Waals surface area contributed by atoms with Crippen LogP contribution in [-0.4, -0.2) is 51.6 Å². The van der Waals surface area contributed by atoms with E-state index in [0.717, 1.165) is 44.6 Å². The lowest BCUT2D eigenvalue weighted by Crippen LogP contribution is -2.32. The molecule has 2 aliphatic heterocycles. The summed E-state index contributed by atoms with van der Waals surface area (Å²) in [6.07, 6.45) is 2.90. The summed E-state index contributed by atoms with van der Waals surface area (Å²) in [6, 6.07) is 13.1. The molecule has 172 valence electrons. The number of fused-ring (bicyclic) bond motifs is 1. The van der Waals surface area contributed by atoms with Crippen molar-refractivity contribution in [1.29, 1.82) is 0 Å². The maximum Gasteiger partial charge on any atom is 0.273 e. The van der Waals surface area contributed by atoms with Gasteiger partial charge in [-0.1, -0.05) is 35.5 Å². The van der Waals surface area contributed by atoms with E-state index in [4.69, 9.17) is 4.74 Å². The van der Waals surface area contributed by atoms with Crippen LogP contribution in [0.4, 0.5) is 4.39 Å². The number of rotatable bonds is 6. The summed E-state index contributed by atoms with van der Waals surface area (Å²) < 4.78 is 21.4. The predicted molar refractivity (Wildman–Crippen MR) is 122 cm³/mol. The van der Waals surface area contributed by atoms with Crippen LogP contribution in [0.2, 0.25) is 0 Å². The highest BCUT2D eigenvalue weighted by Crippen LogP contribution is 2.27. The van der Waals surface area contributed by atoms with E-state index in [-0.39, 0.29) is 17.8 Å². The second-order valence-electron chi connectivity index (χ2n) is 8.75. The molecule has 0 saturated carbocycles. The van der Waals surface area contributed by atoms with Crippen molar-refractivity contribution < 1.29 is 13.9 Å². The van der Waals surface area contributed by atoms with Gasteiger partial charge in [0.25, 0.3) is 5.91 Å². The third-order valence-corrected chi connectivity index (χ3v) is 6.52. The number of carbonyl (C=O) groups is 1. The first-order chi connectivity index (χ1) is 16.1. The summed E-state index contributed by atoms with van der Waals surface area (Å²) in [5, 5.41) is 11.4. The third kappa shape index (κ3) is 4.54. The Hall–Kier alpha value is -3.10. The molecule has 1 saturated heterocycles. The summed E-state index contributed by atoms with van der Waals surface area (Å²) in [4.78, 5) is 14.9. The van der Waals surface area contributed by atoms with Crippen molar-refractivity contribution >= 4 is 5.91 Å². The van der Waals surface area contributed by atoms with Gasteiger partial charge >= 0.3 is 0 Å². The van der Waals surface area contributed by atoms with Gasteiger partial charge in [-0.05, 0) is 49.4 Å². The number of hydrogen-bond donors (Lipinski definition) is 1. The van der Waals surface area contributed by atoms with Crippen LogP contribution < -0.4 is 5.32 Å². The van der Waals surface area contributed by atoms with Gasteiger partial charge < -0.3 is 10.1 Å². The first kappa shape index (κ1) is 21.7. The fourth-order valence-electron chi connectivity index (χ4n) is 4.71. The summed E-state index contributed by atoms with van der Waals surface area (Å²) in [5.74, 6) is -0.393. The largest absolute Gasteiger partial charge is 0.376 e. The van der Waals surface area contributed by atoms with E-state index in [1.165, 1.54) is 17.2 Å². The average Bonchev–Trinajstić information content (AvgIpc) is 3.48. The SMILES string of the molecule is Cc1c(C(=O)NC[C@H]2CCCO2)nnn1-c1cccc2c1CCN(Cc1ccccc1F)C2. The van der Waals surface area contributed by atoms with Crippen molar-refractivity contribution in [3.05, 3.63) is 76.4 Å². The van der Waals surface area contributed by atoms with Crippen molar-refractivity contribution in [3.8, 4) is 5.69 Å². The van der Waals surface area contributed by atoms with Crippen molar-refractivity contribution in [2.45, 2.75) is 45.4 Å². The molecular weight excluding hydrogens is 421 g/mol. The van der Waals surface area contributed by atoms with Crippen LogP contribution in [0.1, 0.15) is 45.7 Å². The number of aromatic nitrogens is 3. The van der Waals surface area contributed by atoms with E-state index < -0.39 is 0 Å². The molecule has 1 aromatic heterocycles. The lowest BCUT2D eigenvalue weighted by molar-refractivity contribution is 0.0853. The number of ether oxygens (including phenoxy) is 1. The van der Waals surface area contributed by atoms with Crippen LogP contribution >= 0.6 is 0 Å². The minimum absolute atomic E-state index is 0.0813. The number of amides is 1. The van der Waals surface area contributed by atoms with Crippen LogP contribution in [0.5, 0.6) is 0 Å². The van der Waals surface area contributed by atoms with Gasteiger partial charge in [-0.15, -0.1) is 5.10 Å². The summed E-state index contributed by atoms with van der Waals surface area (Å²) >= 11 is 0. The maximum absolute atomic E-state index is 14.1. The fourth-order valence-corrected chi connectivity index (χ4v) is 4.71. The Kier molecular flexibility index (Phi) is 6.20. The number of nitrogens with one attached hydrogen (secondary N) is 1. The zero-order valence-corrected chi connectivity index (χ0v) is 18.8. The number of nitrogens with zero attached hydrogens (tertiary/aromatic N) is 4. The quantitative estimate of drug-likeness (QED) is 0.626. The molecule has 1 fully saturated rings. The van der Waals surface area contributed by atoms with E-state index in [9.17, 15) is 9.18 Å². The van der Waals surface area contributed by atoms with Gasteiger partial charge in [0, 0.05) is 38.3 Å². The van der Waals surface area contributed by atoms with E-state index in [1.807, 2.05) is 31.2 Å². The topological polar surface area (TPSA) is 72.3 Å². The molecule has 3 heterocycles. The van der Waals surface area contributed by atoms with Crippen molar-refractivity contribution in [3.63, 3.8) is 0 Å². The molecule has 0 aliphatic carbocycles. The van der Waals surface area contributed by atoms with Crippen LogP contribution in [0.25, 0.3) is 5.69 Å². The molecule has 2 aromatic carbocycles. The lowest BCUT2D eigenvalue weighted by Gasteiger charge is -2.30. The van der Waals surface area contributed by atoms with Crippen molar-refractivity contribution in [2.24, 2.45) is 0 Å². The Morgan fingerprint density at radius 3 is 2.94 bits per heavy atom. The molecule has 7 nitrogen and oxygen atoms in total. The van der Waals surface area contributed by atoms with E-state index >= 15 is 0 Å². The Morgan fingerprint density at radius 2 is 2.12 bits per heavy atom. The van der Waals surface area contributed by atoms with Gasteiger partial charge in [-0.25, -0.2) is 9.07 Å². The first-order valence-corrected chi connectivity index (χ1v) is 11.5. The first-order valence-electron chi connectivity index (χ1n) is 11.5.